The summed E-state index contributed by atoms with van der Waals surface area (Å²) in [5.74, 6) is -0.614. The first kappa shape index (κ1) is 28.9. The molecule has 0 saturated carbocycles. The number of fused-ring (bicyclic) bond motifs is 3. The molecule has 6 heteroatoms. The summed E-state index contributed by atoms with van der Waals surface area (Å²) >= 11 is 0. The Labute approximate surface area is 254 Å². The number of allylic oxidation sites excluding steroid dienone is 2. The van der Waals surface area contributed by atoms with Gasteiger partial charge in [-0.1, -0.05) is 42.3 Å². The summed E-state index contributed by atoms with van der Waals surface area (Å²) in [7, 11) is 0. The maximum Gasteiger partial charge on any atom is 0.238 e. The van der Waals surface area contributed by atoms with E-state index < -0.39 is 0 Å². The number of carbonyl (C=O) groups excluding carboxylic acids is 2. The Morgan fingerprint density at radius 3 is 2.30 bits per heavy atom. The second-order valence-corrected chi connectivity index (χ2v) is 12.2. The number of para-hydroxylation sites is 1. The number of benzene rings is 3. The number of phenolic OH excluding ortho intramolecular Hbond substituents is 1. The van der Waals surface area contributed by atoms with Crippen LogP contribution in [0, 0.1) is 31.6 Å². The Morgan fingerprint density at radius 2 is 1.63 bits per heavy atom. The Morgan fingerprint density at radius 1 is 0.953 bits per heavy atom. The molecule has 3 aliphatic rings. The SMILES string of the molecule is CC/C(=C\c1cc(C)c(O)c(C)c1)CC[C@H]1OC[C@H]2C1=C(C)C[C@H]1C(=O)N(c3ccc(Nc4ccccc4)cc3)C(=O)[C@H]12. The molecule has 0 unspecified atom stereocenters. The van der Waals surface area contributed by atoms with Crippen molar-refractivity contribution in [3.63, 3.8) is 0 Å². The standard InChI is InChI=1S/C37H40N2O4/c1-5-25(20-26-17-23(3)35(40)24(4)18-26)11-16-32-33-22(2)19-30-34(31(33)21-43-32)37(42)39(36(30)41)29-14-12-28(13-15-29)38-27-9-7-6-8-10-27/h6-10,12-15,17-18,20,30-32,34,38,40H,5,11,16,19,21H2,1-4H3/b25-20+/t30-,31+,32-,34-/m1/s1. The number of hydrogen-bond donors (Lipinski definition) is 2. The number of aromatic hydroxyl groups is 1. The molecule has 0 aromatic heterocycles. The van der Waals surface area contributed by atoms with Crippen molar-refractivity contribution >= 4 is 35.0 Å². The van der Waals surface area contributed by atoms with Crippen molar-refractivity contribution in [1.82, 2.24) is 0 Å². The molecular weight excluding hydrogens is 536 g/mol. The summed E-state index contributed by atoms with van der Waals surface area (Å²) in [6, 6.07) is 21.5. The predicted octanol–water partition coefficient (Wildman–Crippen LogP) is 7.87. The topological polar surface area (TPSA) is 78.9 Å². The largest absolute Gasteiger partial charge is 0.507 e. The fourth-order valence-corrected chi connectivity index (χ4v) is 7.24. The summed E-state index contributed by atoms with van der Waals surface area (Å²) in [5.41, 5.74) is 9.12. The van der Waals surface area contributed by atoms with E-state index in [1.807, 2.05) is 80.6 Å². The molecule has 43 heavy (non-hydrogen) atoms. The Balaban J connectivity index is 1.16. The van der Waals surface area contributed by atoms with Gasteiger partial charge in [-0.25, -0.2) is 0 Å². The van der Waals surface area contributed by atoms with Crippen LogP contribution in [0.25, 0.3) is 6.08 Å². The summed E-state index contributed by atoms with van der Waals surface area (Å²) in [6.45, 7) is 8.62. The van der Waals surface area contributed by atoms with Gasteiger partial charge in [0.2, 0.25) is 11.8 Å². The number of carbonyl (C=O) groups is 2. The number of nitrogens with zero attached hydrogens (tertiary/aromatic N) is 1. The van der Waals surface area contributed by atoms with Crippen molar-refractivity contribution in [2.75, 3.05) is 16.8 Å². The molecular formula is C37H40N2O4. The molecule has 6 nitrogen and oxygen atoms in total. The average molecular weight is 577 g/mol. The van der Waals surface area contributed by atoms with E-state index in [2.05, 4.69) is 25.2 Å². The van der Waals surface area contributed by atoms with Crippen LogP contribution in [-0.4, -0.2) is 29.6 Å². The van der Waals surface area contributed by atoms with Crippen LogP contribution in [0.4, 0.5) is 17.1 Å². The van der Waals surface area contributed by atoms with Crippen LogP contribution < -0.4 is 10.2 Å². The fraction of sp³-hybridized carbons (Fsp3) is 0.351. The van der Waals surface area contributed by atoms with Gasteiger partial charge >= 0.3 is 0 Å². The highest BCUT2D eigenvalue weighted by molar-refractivity contribution is 6.22. The number of aryl methyl sites for hydroxylation is 2. The highest BCUT2D eigenvalue weighted by Gasteiger charge is 2.56. The van der Waals surface area contributed by atoms with Gasteiger partial charge in [-0.05, 0) is 117 Å². The molecule has 2 saturated heterocycles. The molecule has 3 aromatic carbocycles. The van der Waals surface area contributed by atoms with Gasteiger partial charge in [0.15, 0.2) is 0 Å². The first-order valence-electron chi connectivity index (χ1n) is 15.4. The van der Waals surface area contributed by atoms with Crippen LogP contribution in [0.15, 0.2) is 83.4 Å². The van der Waals surface area contributed by atoms with E-state index in [1.165, 1.54) is 21.6 Å². The van der Waals surface area contributed by atoms with Gasteiger partial charge in [-0.15, -0.1) is 0 Å². The van der Waals surface area contributed by atoms with E-state index >= 15 is 0 Å². The number of anilines is 3. The van der Waals surface area contributed by atoms with E-state index in [9.17, 15) is 14.7 Å². The Hall–Kier alpha value is -4.16. The highest BCUT2D eigenvalue weighted by Crippen LogP contribution is 2.50. The van der Waals surface area contributed by atoms with Crippen molar-refractivity contribution in [3.8, 4) is 5.75 Å². The number of amides is 2. The third-order valence-electron chi connectivity index (χ3n) is 9.41. The van der Waals surface area contributed by atoms with Crippen molar-refractivity contribution < 1.29 is 19.4 Å². The van der Waals surface area contributed by atoms with Crippen LogP contribution in [0.3, 0.4) is 0 Å². The normalized spacial score (nSPS) is 23.5. The lowest BCUT2D eigenvalue weighted by atomic mass is 9.70. The van der Waals surface area contributed by atoms with Gasteiger partial charge in [0, 0.05) is 17.3 Å². The Bertz CT molecular complexity index is 1580. The molecule has 0 bridgehead atoms. The minimum atomic E-state index is -0.373. The molecule has 4 atom stereocenters. The Kier molecular flexibility index (Phi) is 7.97. The molecule has 1 aliphatic carbocycles. The molecule has 0 radical (unpaired) electrons. The van der Waals surface area contributed by atoms with E-state index in [0.717, 1.165) is 47.3 Å². The summed E-state index contributed by atoms with van der Waals surface area (Å²) in [4.78, 5) is 28.9. The minimum absolute atomic E-state index is 0.0375. The second kappa shape index (κ2) is 11.8. The van der Waals surface area contributed by atoms with Gasteiger partial charge in [0.1, 0.15) is 5.75 Å². The molecule has 2 aliphatic heterocycles. The molecule has 6 rings (SSSR count). The smallest absolute Gasteiger partial charge is 0.238 e. The quantitative estimate of drug-likeness (QED) is 0.211. The maximum atomic E-state index is 13.9. The zero-order valence-corrected chi connectivity index (χ0v) is 25.4. The summed E-state index contributed by atoms with van der Waals surface area (Å²) < 4.78 is 6.37. The van der Waals surface area contributed by atoms with Crippen LogP contribution in [0.1, 0.15) is 56.2 Å². The van der Waals surface area contributed by atoms with Crippen molar-refractivity contribution in [3.05, 3.63) is 100 Å². The molecule has 2 heterocycles. The monoisotopic (exact) mass is 576 g/mol. The summed E-state index contributed by atoms with van der Waals surface area (Å²) in [6.07, 6.45) is 5.46. The second-order valence-electron chi connectivity index (χ2n) is 12.2. The number of imide groups is 1. The lowest BCUT2D eigenvalue weighted by Gasteiger charge is -2.30. The van der Waals surface area contributed by atoms with Crippen LogP contribution in [0.5, 0.6) is 5.75 Å². The third-order valence-corrected chi connectivity index (χ3v) is 9.41. The average Bonchev–Trinajstić information content (AvgIpc) is 3.53. The molecule has 0 spiro atoms. The molecule has 2 N–H and O–H groups in total. The van der Waals surface area contributed by atoms with Crippen molar-refractivity contribution in [2.24, 2.45) is 17.8 Å². The fourth-order valence-electron chi connectivity index (χ4n) is 7.24. The van der Waals surface area contributed by atoms with E-state index in [4.69, 9.17) is 4.74 Å². The molecule has 222 valence electrons. The number of hydrogen-bond acceptors (Lipinski definition) is 5. The lowest BCUT2D eigenvalue weighted by Crippen LogP contribution is -2.34. The highest BCUT2D eigenvalue weighted by atomic mass is 16.5. The first-order valence-corrected chi connectivity index (χ1v) is 15.4. The van der Waals surface area contributed by atoms with Crippen molar-refractivity contribution in [1.29, 1.82) is 0 Å². The summed E-state index contributed by atoms with van der Waals surface area (Å²) in [5, 5.41) is 13.5. The zero-order valence-electron chi connectivity index (χ0n) is 25.4. The van der Waals surface area contributed by atoms with E-state index in [-0.39, 0.29) is 35.7 Å². The predicted molar refractivity (Wildman–Crippen MR) is 171 cm³/mol. The number of rotatable bonds is 8. The van der Waals surface area contributed by atoms with Gasteiger partial charge in [0.05, 0.1) is 30.2 Å². The van der Waals surface area contributed by atoms with E-state index in [0.29, 0.717) is 24.5 Å². The van der Waals surface area contributed by atoms with E-state index in [1.54, 1.807) is 0 Å². The lowest BCUT2D eigenvalue weighted by molar-refractivity contribution is -0.122. The number of ether oxygens (including phenoxy) is 1. The third kappa shape index (κ3) is 5.52. The van der Waals surface area contributed by atoms with Gasteiger partial charge in [-0.2, -0.15) is 0 Å². The first-order chi connectivity index (χ1) is 20.7. The van der Waals surface area contributed by atoms with Gasteiger partial charge < -0.3 is 15.2 Å². The zero-order chi connectivity index (χ0) is 30.2. The minimum Gasteiger partial charge on any atom is -0.507 e. The van der Waals surface area contributed by atoms with Gasteiger partial charge in [0.25, 0.3) is 0 Å². The number of nitrogens with one attached hydrogen (secondary N) is 1. The maximum absolute atomic E-state index is 13.9. The number of phenols is 1. The van der Waals surface area contributed by atoms with Crippen LogP contribution in [0.2, 0.25) is 0 Å². The van der Waals surface area contributed by atoms with Crippen LogP contribution >= 0.6 is 0 Å². The van der Waals surface area contributed by atoms with Gasteiger partial charge in [-0.3, -0.25) is 14.5 Å². The van der Waals surface area contributed by atoms with Crippen molar-refractivity contribution in [2.45, 2.75) is 59.5 Å². The molecule has 3 aromatic rings. The molecule has 2 amide bonds. The molecule has 2 fully saturated rings. The van der Waals surface area contributed by atoms with Crippen LogP contribution in [-0.2, 0) is 14.3 Å².